The topological polar surface area (TPSA) is 214 Å². The molecule has 2 amide bonds. The summed E-state index contributed by atoms with van der Waals surface area (Å²) in [6.07, 6.45) is 4.35. The highest BCUT2D eigenvalue weighted by molar-refractivity contribution is 8.00. The Balaban J connectivity index is 1.32. The Kier molecular flexibility index (Phi) is 9.43. The Bertz CT molecular complexity index is 1590. The molecule has 5 heterocycles. The van der Waals surface area contributed by atoms with Crippen molar-refractivity contribution < 1.29 is 38.4 Å². The third kappa shape index (κ3) is 6.28. The van der Waals surface area contributed by atoms with E-state index < -0.39 is 41.8 Å². The summed E-state index contributed by atoms with van der Waals surface area (Å²) in [5, 5.41) is 27.4. The third-order valence-electron chi connectivity index (χ3n) is 6.66. The molecule has 0 aromatic carbocycles. The Hall–Kier alpha value is -4.20. The molecule has 1 fully saturated rings. The summed E-state index contributed by atoms with van der Waals surface area (Å²) in [6, 6.07) is 2.70. The Morgan fingerprint density at radius 3 is 2.91 bits per heavy atom. The van der Waals surface area contributed by atoms with Crippen LogP contribution in [0.5, 0.6) is 0 Å². The lowest BCUT2D eigenvalue weighted by atomic mass is 10.0. The maximum Gasteiger partial charge on any atom is 0.352 e. The van der Waals surface area contributed by atoms with Gasteiger partial charge in [-0.1, -0.05) is 5.16 Å². The molecule has 5 rings (SSSR count). The number of nitrogen functional groups attached to an aromatic ring is 1. The molecule has 0 bridgehead atoms. The van der Waals surface area contributed by atoms with Crippen LogP contribution in [-0.4, -0.2) is 101 Å². The average molecular weight is 636 g/mol. The van der Waals surface area contributed by atoms with E-state index in [9.17, 15) is 23.9 Å². The van der Waals surface area contributed by atoms with Gasteiger partial charge in [0, 0.05) is 35.9 Å². The largest absolute Gasteiger partial charge is 0.477 e. The molecule has 2 aliphatic heterocycles. The van der Waals surface area contributed by atoms with Gasteiger partial charge in [0.1, 0.15) is 29.2 Å². The number of carbonyl (C=O) groups is 3. The van der Waals surface area contributed by atoms with Gasteiger partial charge in [-0.3, -0.25) is 14.5 Å². The van der Waals surface area contributed by atoms with Crippen LogP contribution < -0.4 is 20.9 Å². The SMILES string of the molecule is Nc1nc(/C(=N/OCF)C(=O)NC2C(=O)N3C(C(=O)O)=C(C[n+]4cccc5c4ncn5CCCNCCO)CSC23)ns1. The van der Waals surface area contributed by atoms with Crippen molar-refractivity contribution in [2.45, 2.75) is 30.9 Å². The summed E-state index contributed by atoms with van der Waals surface area (Å²) in [5.74, 6) is -2.72. The first-order valence-corrected chi connectivity index (χ1v) is 14.9. The van der Waals surface area contributed by atoms with Crippen LogP contribution in [0.4, 0.5) is 9.52 Å². The van der Waals surface area contributed by atoms with E-state index in [4.69, 9.17) is 10.8 Å². The van der Waals surface area contributed by atoms with E-state index in [2.05, 4.69) is 35.0 Å². The Morgan fingerprint density at radius 2 is 2.19 bits per heavy atom. The standard InChI is InChI=1S/C24H27FN10O6S2/c25-11-41-31-15(18-30-24(26)43-32-18)20(37)29-16-21(38)35-17(23(39)40)13(10-42-22(16)35)9-33-6-1-3-14-19(33)28-12-34(14)7-2-4-27-5-8-36/h1,3,6,12,16,22,27,36H,2,4-5,7-11H2,(H3-,26,29,30,32,37,39,40)/p+1/b31-15-. The number of pyridine rings is 1. The van der Waals surface area contributed by atoms with Crippen molar-refractivity contribution in [2.75, 3.05) is 38.0 Å². The number of oxime groups is 1. The highest BCUT2D eigenvalue weighted by atomic mass is 32.2. The van der Waals surface area contributed by atoms with Gasteiger partial charge in [-0.25, -0.2) is 13.8 Å². The van der Waals surface area contributed by atoms with E-state index in [1.54, 1.807) is 12.5 Å². The molecule has 19 heteroatoms. The van der Waals surface area contributed by atoms with Gasteiger partial charge >= 0.3 is 11.6 Å². The highest BCUT2D eigenvalue weighted by Crippen LogP contribution is 2.40. The second kappa shape index (κ2) is 13.4. The van der Waals surface area contributed by atoms with Crippen LogP contribution in [0, 0.1) is 0 Å². The molecular weight excluding hydrogens is 607 g/mol. The van der Waals surface area contributed by atoms with Crippen molar-refractivity contribution in [3.05, 3.63) is 41.8 Å². The summed E-state index contributed by atoms with van der Waals surface area (Å²) >= 11 is 2.09. The lowest BCUT2D eigenvalue weighted by Crippen LogP contribution is -2.71. The van der Waals surface area contributed by atoms with Crippen LogP contribution in [0.15, 0.2) is 41.1 Å². The molecule has 1 saturated heterocycles. The number of hydrogen-bond acceptors (Lipinski definition) is 13. The van der Waals surface area contributed by atoms with E-state index in [1.807, 2.05) is 21.3 Å². The zero-order valence-corrected chi connectivity index (χ0v) is 24.2. The number of imidazole rings is 1. The van der Waals surface area contributed by atoms with Crippen LogP contribution in [0.1, 0.15) is 12.2 Å². The van der Waals surface area contributed by atoms with Crippen molar-refractivity contribution in [3.63, 3.8) is 0 Å². The van der Waals surface area contributed by atoms with E-state index in [0.29, 0.717) is 24.3 Å². The van der Waals surface area contributed by atoms with E-state index in [0.717, 1.165) is 34.9 Å². The number of aliphatic hydroxyl groups excluding tert-OH is 1. The monoisotopic (exact) mass is 635 g/mol. The molecule has 228 valence electrons. The maximum absolute atomic E-state index is 13.2. The molecule has 16 nitrogen and oxygen atoms in total. The average Bonchev–Trinajstić information content (AvgIpc) is 3.62. The summed E-state index contributed by atoms with van der Waals surface area (Å²) in [7, 11) is 0. The predicted molar refractivity (Wildman–Crippen MR) is 152 cm³/mol. The lowest BCUT2D eigenvalue weighted by molar-refractivity contribution is -0.664. The lowest BCUT2D eigenvalue weighted by Gasteiger charge is -2.49. The smallest absolute Gasteiger partial charge is 0.352 e. The Labute approximate surface area is 251 Å². The molecule has 0 saturated carbocycles. The van der Waals surface area contributed by atoms with Crippen LogP contribution in [0.3, 0.4) is 0 Å². The first-order valence-electron chi connectivity index (χ1n) is 13.0. The molecule has 6 N–H and O–H groups in total. The third-order valence-corrected chi connectivity index (χ3v) is 8.54. The Morgan fingerprint density at radius 1 is 1.35 bits per heavy atom. The number of alkyl halides is 1. The fraction of sp³-hybridized carbons (Fsp3) is 0.417. The second-order valence-electron chi connectivity index (χ2n) is 9.36. The molecule has 2 aliphatic rings. The number of anilines is 1. The van der Waals surface area contributed by atoms with E-state index in [1.165, 1.54) is 11.8 Å². The number of hydrogen-bond donors (Lipinski definition) is 5. The zero-order chi connectivity index (χ0) is 30.5. The summed E-state index contributed by atoms with van der Waals surface area (Å²) in [5.41, 5.74) is 6.99. The van der Waals surface area contributed by atoms with Crippen LogP contribution >= 0.6 is 23.3 Å². The molecule has 0 radical (unpaired) electrons. The minimum absolute atomic E-state index is 0.0418. The minimum atomic E-state index is -1.31. The molecule has 3 aromatic heterocycles. The molecule has 2 unspecified atom stereocenters. The summed E-state index contributed by atoms with van der Waals surface area (Å²) < 4.78 is 20.3. The molecule has 0 aliphatic carbocycles. The molecule has 43 heavy (non-hydrogen) atoms. The summed E-state index contributed by atoms with van der Waals surface area (Å²) in [4.78, 5) is 52.4. The second-order valence-corrected chi connectivity index (χ2v) is 11.3. The van der Waals surface area contributed by atoms with Gasteiger partial charge in [0.2, 0.25) is 17.9 Å². The number of nitrogens with two attached hydrogens (primary N) is 1. The van der Waals surface area contributed by atoms with Gasteiger partial charge in [0.25, 0.3) is 18.7 Å². The maximum atomic E-state index is 13.2. The first-order chi connectivity index (χ1) is 20.8. The number of aliphatic carboxylic acids is 1. The number of thioether (sulfide) groups is 1. The fourth-order valence-electron chi connectivity index (χ4n) is 4.79. The van der Waals surface area contributed by atoms with Gasteiger partial charge in [-0.15, -0.1) is 11.8 Å². The van der Waals surface area contributed by atoms with Gasteiger partial charge in [0.05, 0.1) is 12.8 Å². The minimum Gasteiger partial charge on any atom is -0.477 e. The van der Waals surface area contributed by atoms with Gasteiger partial charge in [-0.2, -0.15) is 9.36 Å². The van der Waals surface area contributed by atoms with Gasteiger partial charge < -0.3 is 36.0 Å². The van der Waals surface area contributed by atoms with Crippen molar-refractivity contribution in [1.82, 2.24) is 34.4 Å². The number of aliphatic hydroxyl groups is 1. The number of aryl methyl sites for hydroxylation is 1. The fourth-order valence-corrected chi connectivity index (χ4v) is 6.56. The number of carboxylic acids is 1. The van der Waals surface area contributed by atoms with E-state index in [-0.39, 0.29) is 35.6 Å². The van der Waals surface area contributed by atoms with Crippen LogP contribution in [-0.2, 0) is 32.3 Å². The number of rotatable bonds is 14. The predicted octanol–water partition coefficient (Wildman–Crippen LogP) is -1.18. The molecule has 0 spiro atoms. The number of β-lactam (4-membered cyclic amide) rings is 1. The highest BCUT2D eigenvalue weighted by Gasteiger charge is 2.54. The number of nitrogens with zero attached hydrogens (tertiary/aromatic N) is 7. The number of nitrogens with one attached hydrogen (secondary N) is 2. The van der Waals surface area contributed by atoms with Crippen molar-refractivity contribution in [2.24, 2.45) is 5.16 Å². The number of aromatic nitrogens is 5. The van der Waals surface area contributed by atoms with E-state index >= 15 is 0 Å². The first kappa shape index (κ1) is 30.3. The molecule has 3 aromatic rings. The summed E-state index contributed by atoms with van der Waals surface area (Å²) in [6.45, 7) is 0.918. The quantitative estimate of drug-likeness (QED) is 0.0465. The number of carbonyl (C=O) groups excluding carboxylic acids is 2. The van der Waals surface area contributed by atoms with Crippen molar-refractivity contribution >= 4 is 63.1 Å². The zero-order valence-electron chi connectivity index (χ0n) is 22.6. The number of halogens is 1. The van der Waals surface area contributed by atoms with Crippen LogP contribution in [0.25, 0.3) is 11.2 Å². The van der Waals surface area contributed by atoms with Crippen molar-refractivity contribution in [3.8, 4) is 0 Å². The van der Waals surface area contributed by atoms with Gasteiger partial charge in [0.15, 0.2) is 5.13 Å². The number of carboxylic acid groups (broad SMARTS) is 1. The molecular formula is C24H28FN10O6S2+. The number of amides is 2. The molecule has 2 atom stereocenters. The number of fused-ring (bicyclic) bond motifs is 2. The normalized spacial score (nSPS) is 18.5. The van der Waals surface area contributed by atoms with Gasteiger partial charge in [-0.05, 0) is 30.1 Å². The van der Waals surface area contributed by atoms with Crippen molar-refractivity contribution in [1.29, 1.82) is 0 Å². The van der Waals surface area contributed by atoms with Crippen LogP contribution in [0.2, 0.25) is 0 Å².